The highest BCUT2D eigenvalue weighted by atomic mass is 16.6. The highest BCUT2D eigenvalue weighted by molar-refractivity contribution is 5.04. The molecule has 6 heteroatoms. The first kappa shape index (κ1) is 9.80. The Bertz CT molecular complexity index is 458. The van der Waals surface area contributed by atoms with Crippen LogP contribution in [0.1, 0.15) is 12.6 Å². The van der Waals surface area contributed by atoms with Gasteiger partial charge < -0.3 is 14.2 Å². The van der Waals surface area contributed by atoms with E-state index in [1.165, 1.54) is 6.07 Å². The molecule has 1 saturated heterocycles. The van der Waals surface area contributed by atoms with Crippen LogP contribution in [0.3, 0.4) is 0 Å². The van der Waals surface area contributed by atoms with Crippen LogP contribution in [-0.4, -0.2) is 35.5 Å². The Labute approximate surface area is 91.8 Å². The summed E-state index contributed by atoms with van der Waals surface area (Å²) in [6.45, 7) is 0.367. The Balaban J connectivity index is 2.00. The lowest BCUT2D eigenvalue weighted by Crippen LogP contribution is -2.30. The second-order valence-electron chi connectivity index (χ2n) is 3.91. The number of fused-ring (bicyclic) bond motifs is 4. The molecule has 86 valence electrons. The van der Waals surface area contributed by atoms with Gasteiger partial charge in [0.1, 0.15) is 18.9 Å². The van der Waals surface area contributed by atoms with E-state index in [-0.39, 0.29) is 24.0 Å². The van der Waals surface area contributed by atoms with Crippen LogP contribution < -0.4 is 10.3 Å². The van der Waals surface area contributed by atoms with Gasteiger partial charge in [-0.1, -0.05) is 0 Å². The minimum Gasteiger partial charge on any atom is -0.462 e. The second-order valence-corrected chi connectivity index (χ2v) is 3.91. The minimum absolute atomic E-state index is 0.0394. The largest absolute Gasteiger partial charge is 0.462 e. The molecule has 1 aromatic heterocycles. The summed E-state index contributed by atoms with van der Waals surface area (Å²) in [5, 5.41) is 0. The van der Waals surface area contributed by atoms with Gasteiger partial charge in [-0.05, 0) is 0 Å². The maximum Gasteiger partial charge on any atom is 0.301 e. The summed E-state index contributed by atoms with van der Waals surface area (Å²) in [6, 6.07) is 1.73. The molecule has 0 unspecified atom stereocenters. The minimum atomic E-state index is -0.299. The van der Waals surface area contributed by atoms with Crippen LogP contribution in [0, 0.1) is 0 Å². The lowest BCUT2D eigenvalue weighted by Gasteiger charge is -2.18. The molecule has 0 aromatic carbocycles. The Hall–Kier alpha value is -1.40. The van der Waals surface area contributed by atoms with Crippen LogP contribution in [-0.2, 0) is 9.47 Å². The molecule has 0 radical (unpaired) electrons. The van der Waals surface area contributed by atoms with E-state index < -0.39 is 0 Å². The third-order valence-electron chi connectivity index (χ3n) is 2.97. The van der Waals surface area contributed by atoms with Crippen molar-refractivity contribution >= 4 is 0 Å². The molecule has 0 aliphatic carbocycles. The fraction of sp³-hybridized carbons (Fsp3) is 0.600. The SMILES string of the molecule is CO[C@H]1C[C@H]2O[C@@H]1COc1nc(=O)ccn12. The molecule has 0 spiro atoms. The van der Waals surface area contributed by atoms with Crippen LogP contribution >= 0.6 is 0 Å². The van der Waals surface area contributed by atoms with Crippen LogP contribution in [0.25, 0.3) is 0 Å². The number of methoxy groups -OCH3 is 1. The Morgan fingerprint density at radius 3 is 3.31 bits per heavy atom. The first-order chi connectivity index (χ1) is 7.78. The van der Waals surface area contributed by atoms with Crippen molar-refractivity contribution in [3.63, 3.8) is 0 Å². The van der Waals surface area contributed by atoms with Crippen LogP contribution in [0.15, 0.2) is 17.1 Å². The summed E-state index contributed by atoms with van der Waals surface area (Å²) in [5.74, 6) is 0. The van der Waals surface area contributed by atoms with Crippen molar-refractivity contribution in [3.8, 4) is 6.01 Å². The number of rotatable bonds is 1. The summed E-state index contributed by atoms with van der Waals surface area (Å²) in [7, 11) is 1.66. The smallest absolute Gasteiger partial charge is 0.301 e. The average Bonchev–Trinajstić information content (AvgIpc) is 2.60. The Kier molecular flexibility index (Phi) is 2.19. The van der Waals surface area contributed by atoms with E-state index in [1.54, 1.807) is 17.9 Å². The topological polar surface area (TPSA) is 62.6 Å². The first-order valence-corrected chi connectivity index (χ1v) is 5.18. The average molecular weight is 224 g/mol. The third-order valence-corrected chi connectivity index (χ3v) is 2.97. The molecule has 2 aliphatic heterocycles. The zero-order valence-corrected chi connectivity index (χ0v) is 8.83. The zero-order valence-electron chi connectivity index (χ0n) is 8.83. The maximum atomic E-state index is 11.1. The number of hydrogen-bond acceptors (Lipinski definition) is 5. The van der Waals surface area contributed by atoms with Crippen molar-refractivity contribution in [2.24, 2.45) is 0 Å². The molecule has 3 rings (SSSR count). The Morgan fingerprint density at radius 2 is 2.50 bits per heavy atom. The molecule has 2 aliphatic rings. The molecular weight excluding hydrogens is 212 g/mol. The zero-order chi connectivity index (χ0) is 11.1. The number of hydrogen-bond donors (Lipinski definition) is 0. The van der Waals surface area contributed by atoms with Gasteiger partial charge in [0.25, 0.3) is 5.56 Å². The van der Waals surface area contributed by atoms with E-state index in [0.717, 1.165) is 6.42 Å². The lowest BCUT2D eigenvalue weighted by molar-refractivity contribution is -0.0308. The van der Waals surface area contributed by atoms with Gasteiger partial charge in [0.05, 0.1) is 6.10 Å². The van der Waals surface area contributed by atoms with E-state index in [0.29, 0.717) is 12.6 Å². The summed E-state index contributed by atoms with van der Waals surface area (Å²) >= 11 is 0. The maximum absolute atomic E-state index is 11.1. The van der Waals surface area contributed by atoms with Gasteiger partial charge in [0.15, 0.2) is 0 Å². The molecule has 2 bridgehead atoms. The molecule has 0 saturated carbocycles. The van der Waals surface area contributed by atoms with Crippen LogP contribution in [0.4, 0.5) is 0 Å². The molecule has 3 heterocycles. The van der Waals surface area contributed by atoms with E-state index in [2.05, 4.69) is 4.98 Å². The fourth-order valence-corrected chi connectivity index (χ4v) is 2.15. The van der Waals surface area contributed by atoms with Gasteiger partial charge >= 0.3 is 6.01 Å². The molecule has 0 N–H and O–H groups in total. The van der Waals surface area contributed by atoms with Crippen molar-refractivity contribution in [1.29, 1.82) is 0 Å². The van der Waals surface area contributed by atoms with E-state index in [9.17, 15) is 4.79 Å². The van der Waals surface area contributed by atoms with Gasteiger partial charge in [-0.2, -0.15) is 4.98 Å². The summed E-state index contributed by atoms with van der Waals surface area (Å²) < 4.78 is 18.3. The quantitative estimate of drug-likeness (QED) is 0.668. The second kappa shape index (κ2) is 3.57. The first-order valence-electron chi connectivity index (χ1n) is 5.18. The number of ether oxygens (including phenoxy) is 3. The summed E-state index contributed by atoms with van der Waals surface area (Å²) in [5.41, 5.74) is -0.299. The molecule has 3 atom stereocenters. The fourth-order valence-electron chi connectivity index (χ4n) is 2.15. The predicted octanol–water partition coefficient (Wildman–Crippen LogP) is -0.0618. The van der Waals surface area contributed by atoms with Gasteiger partial charge in [0.2, 0.25) is 0 Å². The molecule has 6 nitrogen and oxygen atoms in total. The van der Waals surface area contributed by atoms with Gasteiger partial charge in [-0.15, -0.1) is 0 Å². The Morgan fingerprint density at radius 1 is 1.62 bits per heavy atom. The highest BCUT2D eigenvalue weighted by Gasteiger charge is 2.40. The van der Waals surface area contributed by atoms with Crippen LogP contribution in [0.2, 0.25) is 0 Å². The lowest BCUT2D eigenvalue weighted by atomic mass is 10.2. The molecule has 0 amide bonds. The van der Waals surface area contributed by atoms with Crippen molar-refractivity contribution < 1.29 is 14.2 Å². The number of nitrogens with zero attached hydrogens (tertiary/aromatic N) is 2. The molecule has 16 heavy (non-hydrogen) atoms. The summed E-state index contributed by atoms with van der Waals surface area (Å²) in [4.78, 5) is 14.9. The van der Waals surface area contributed by atoms with Gasteiger partial charge in [-0.25, -0.2) is 0 Å². The standard InChI is InChI=1S/C10H12N2O4/c1-14-6-4-9-12-3-2-8(13)11-10(12)15-5-7(6)16-9/h2-3,6-7,9H,4-5H2,1H3/t6-,7+,9+/m0/s1. The van der Waals surface area contributed by atoms with Crippen molar-refractivity contribution in [1.82, 2.24) is 9.55 Å². The van der Waals surface area contributed by atoms with Gasteiger partial charge in [-0.3, -0.25) is 9.36 Å². The van der Waals surface area contributed by atoms with Crippen molar-refractivity contribution in [3.05, 3.63) is 22.6 Å². The highest BCUT2D eigenvalue weighted by Crippen LogP contribution is 2.34. The molecule has 1 aromatic rings. The van der Waals surface area contributed by atoms with Crippen molar-refractivity contribution in [2.75, 3.05) is 13.7 Å². The van der Waals surface area contributed by atoms with Crippen molar-refractivity contribution in [2.45, 2.75) is 24.9 Å². The summed E-state index contributed by atoms with van der Waals surface area (Å²) in [6.07, 6.45) is 2.20. The predicted molar refractivity (Wildman–Crippen MR) is 53.3 cm³/mol. The molecular formula is C10H12N2O4. The number of aromatic nitrogens is 2. The van der Waals surface area contributed by atoms with E-state index in [4.69, 9.17) is 14.2 Å². The van der Waals surface area contributed by atoms with E-state index in [1.807, 2.05) is 0 Å². The molecule has 1 fully saturated rings. The van der Waals surface area contributed by atoms with Crippen LogP contribution in [0.5, 0.6) is 6.01 Å². The normalized spacial score (nSPS) is 31.7. The van der Waals surface area contributed by atoms with Gasteiger partial charge in [0, 0.05) is 25.8 Å². The third kappa shape index (κ3) is 1.42. The van der Waals surface area contributed by atoms with E-state index >= 15 is 0 Å². The monoisotopic (exact) mass is 224 g/mol.